The number of aromatic nitrogens is 1. The van der Waals surface area contributed by atoms with Gasteiger partial charge >= 0.3 is 0 Å². The number of hydrogen-bond donors (Lipinski definition) is 2. The molecule has 0 aliphatic rings. The maximum Gasteiger partial charge on any atom is 0.219 e. The number of nitrogens with zero attached hydrogens (tertiary/aromatic N) is 2. The number of ether oxygens (including phenoxy) is 3. The first-order valence-corrected chi connectivity index (χ1v) is 9.65. The van der Waals surface area contributed by atoms with E-state index in [0.29, 0.717) is 42.2 Å². The van der Waals surface area contributed by atoms with Gasteiger partial charge in [-0.15, -0.1) is 0 Å². The second-order valence-corrected chi connectivity index (χ2v) is 6.53. The van der Waals surface area contributed by atoms with Crippen LogP contribution in [0, 0.1) is 5.82 Å². The van der Waals surface area contributed by atoms with Gasteiger partial charge in [-0.1, -0.05) is 18.2 Å². The molecule has 0 fully saturated rings. The Bertz CT molecular complexity index is 1030. The number of guanidine groups is 1. The van der Waals surface area contributed by atoms with E-state index in [0.717, 1.165) is 11.1 Å². The summed E-state index contributed by atoms with van der Waals surface area (Å²) in [7, 11) is 4.92. The molecule has 1 aromatic heterocycles. The van der Waals surface area contributed by atoms with Gasteiger partial charge in [-0.3, -0.25) is 4.99 Å². The molecule has 0 bridgehead atoms. The molecule has 0 atom stereocenters. The maximum absolute atomic E-state index is 13.2. The van der Waals surface area contributed by atoms with Crippen LogP contribution in [0.3, 0.4) is 0 Å². The number of aliphatic imine (C=N–C) groups is 1. The van der Waals surface area contributed by atoms with E-state index in [4.69, 9.17) is 14.2 Å². The van der Waals surface area contributed by atoms with Crippen LogP contribution >= 0.6 is 0 Å². The number of halogens is 1. The van der Waals surface area contributed by atoms with Crippen LogP contribution in [0.15, 0.2) is 65.8 Å². The van der Waals surface area contributed by atoms with Crippen LogP contribution in [-0.2, 0) is 13.1 Å². The summed E-state index contributed by atoms with van der Waals surface area (Å²) in [6.07, 6.45) is 1.70. The zero-order chi connectivity index (χ0) is 22.1. The number of rotatable bonds is 8. The minimum absolute atomic E-state index is 0.356. The first-order chi connectivity index (χ1) is 15.1. The third-order valence-electron chi connectivity index (χ3n) is 4.41. The van der Waals surface area contributed by atoms with Gasteiger partial charge < -0.3 is 24.8 Å². The van der Waals surface area contributed by atoms with Crippen molar-refractivity contribution in [1.82, 2.24) is 15.6 Å². The highest BCUT2D eigenvalue weighted by Crippen LogP contribution is 2.27. The van der Waals surface area contributed by atoms with Crippen LogP contribution in [0.1, 0.15) is 11.1 Å². The SMILES string of the molecule is CN=C(NCc1ccc(Oc2cccc(F)c2)nc1)NCc1ccc(OC)c(OC)c1. The fourth-order valence-electron chi connectivity index (χ4n) is 2.81. The van der Waals surface area contributed by atoms with Crippen molar-refractivity contribution in [1.29, 1.82) is 0 Å². The predicted molar refractivity (Wildman–Crippen MR) is 117 cm³/mol. The van der Waals surface area contributed by atoms with Crippen molar-refractivity contribution in [3.8, 4) is 23.1 Å². The van der Waals surface area contributed by atoms with Crippen molar-refractivity contribution in [2.75, 3.05) is 21.3 Å². The third-order valence-corrected chi connectivity index (χ3v) is 4.41. The third kappa shape index (κ3) is 6.33. The summed E-state index contributed by atoms with van der Waals surface area (Å²) in [5.74, 6) is 2.45. The molecule has 2 N–H and O–H groups in total. The van der Waals surface area contributed by atoms with Crippen molar-refractivity contribution < 1.29 is 18.6 Å². The molecule has 0 saturated carbocycles. The molecular formula is C23H25FN4O3. The van der Waals surface area contributed by atoms with Crippen molar-refractivity contribution in [3.05, 3.63) is 77.7 Å². The molecular weight excluding hydrogens is 399 g/mol. The Kier molecular flexibility index (Phi) is 7.64. The number of methoxy groups -OCH3 is 2. The van der Waals surface area contributed by atoms with E-state index in [-0.39, 0.29) is 5.82 Å². The summed E-state index contributed by atoms with van der Waals surface area (Å²) in [5, 5.41) is 6.49. The molecule has 7 nitrogen and oxygen atoms in total. The van der Waals surface area contributed by atoms with Crippen LogP contribution in [0.25, 0.3) is 0 Å². The van der Waals surface area contributed by atoms with Crippen LogP contribution in [0.5, 0.6) is 23.1 Å². The summed E-state index contributed by atoms with van der Waals surface area (Å²) in [6, 6.07) is 15.3. The fraction of sp³-hybridized carbons (Fsp3) is 0.217. The molecule has 3 rings (SSSR count). The molecule has 3 aromatic rings. The highest BCUT2D eigenvalue weighted by molar-refractivity contribution is 5.79. The summed E-state index contributed by atoms with van der Waals surface area (Å²) in [4.78, 5) is 8.50. The lowest BCUT2D eigenvalue weighted by Crippen LogP contribution is -2.36. The van der Waals surface area contributed by atoms with Crippen LogP contribution in [-0.4, -0.2) is 32.2 Å². The standard InChI is InChI=1S/C23H25FN4O3/c1-25-23(27-13-16-7-9-20(29-2)21(11-16)30-3)28-15-17-8-10-22(26-14-17)31-19-6-4-5-18(24)12-19/h4-12,14H,13,15H2,1-3H3,(H2,25,27,28). The van der Waals surface area contributed by atoms with E-state index in [2.05, 4.69) is 20.6 Å². The number of nitrogens with one attached hydrogen (secondary N) is 2. The summed E-state index contributed by atoms with van der Waals surface area (Å²) < 4.78 is 29.4. The van der Waals surface area contributed by atoms with Crippen LogP contribution in [0.4, 0.5) is 4.39 Å². The lowest BCUT2D eigenvalue weighted by molar-refractivity contribution is 0.354. The van der Waals surface area contributed by atoms with Crippen molar-refractivity contribution in [2.24, 2.45) is 4.99 Å². The Labute approximate surface area is 180 Å². The molecule has 0 radical (unpaired) electrons. The van der Waals surface area contributed by atoms with E-state index < -0.39 is 0 Å². The van der Waals surface area contributed by atoms with E-state index >= 15 is 0 Å². The van der Waals surface area contributed by atoms with Crippen LogP contribution in [0.2, 0.25) is 0 Å². The highest BCUT2D eigenvalue weighted by Gasteiger charge is 2.06. The molecule has 31 heavy (non-hydrogen) atoms. The van der Waals surface area contributed by atoms with Gasteiger partial charge in [-0.2, -0.15) is 0 Å². The zero-order valence-electron chi connectivity index (χ0n) is 17.7. The molecule has 0 saturated heterocycles. The second kappa shape index (κ2) is 10.8. The van der Waals surface area contributed by atoms with Gasteiger partial charge in [0.2, 0.25) is 5.88 Å². The predicted octanol–water partition coefficient (Wildman–Crippen LogP) is 3.90. The van der Waals surface area contributed by atoms with Gasteiger partial charge in [-0.05, 0) is 35.4 Å². The molecule has 0 spiro atoms. The van der Waals surface area contributed by atoms with Gasteiger partial charge in [0.05, 0.1) is 14.2 Å². The average Bonchev–Trinajstić information content (AvgIpc) is 2.80. The van der Waals surface area contributed by atoms with E-state index in [9.17, 15) is 4.39 Å². The molecule has 0 amide bonds. The molecule has 0 aliphatic heterocycles. The van der Waals surface area contributed by atoms with Crippen molar-refractivity contribution >= 4 is 5.96 Å². The molecule has 2 aromatic carbocycles. The van der Waals surface area contributed by atoms with E-state index in [1.807, 2.05) is 24.3 Å². The van der Waals surface area contributed by atoms with Gasteiger partial charge in [-0.25, -0.2) is 9.37 Å². The lowest BCUT2D eigenvalue weighted by atomic mass is 10.2. The van der Waals surface area contributed by atoms with Crippen molar-refractivity contribution in [3.63, 3.8) is 0 Å². The normalized spacial score (nSPS) is 11.0. The molecule has 8 heteroatoms. The van der Waals surface area contributed by atoms with Gasteiger partial charge in [0.15, 0.2) is 17.5 Å². The Balaban J connectivity index is 1.51. The molecule has 1 heterocycles. The number of hydrogen-bond acceptors (Lipinski definition) is 5. The quantitative estimate of drug-likeness (QED) is 0.422. The Morgan fingerprint density at radius 3 is 2.32 bits per heavy atom. The van der Waals surface area contributed by atoms with E-state index in [1.165, 1.54) is 12.1 Å². The smallest absolute Gasteiger partial charge is 0.219 e. The Morgan fingerprint density at radius 1 is 0.935 bits per heavy atom. The summed E-state index contributed by atoms with van der Waals surface area (Å²) in [6.45, 7) is 1.09. The summed E-state index contributed by atoms with van der Waals surface area (Å²) >= 11 is 0. The fourth-order valence-corrected chi connectivity index (χ4v) is 2.81. The Morgan fingerprint density at radius 2 is 1.68 bits per heavy atom. The topological polar surface area (TPSA) is 77.0 Å². The van der Waals surface area contributed by atoms with Crippen molar-refractivity contribution in [2.45, 2.75) is 13.1 Å². The second-order valence-electron chi connectivity index (χ2n) is 6.53. The molecule has 162 valence electrons. The lowest BCUT2D eigenvalue weighted by Gasteiger charge is -2.13. The largest absolute Gasteiger partial charge is 0.493 e. The Hall–Kier alpha value is -3.81. The number of pyridine rings is 1. The number of benzene rings is 2. The minimum Gasteiger partial charge on any atom is -0.493 e. The zero-order valence-corrected chi connectivity index (χ0v) is 17.7. The molecule has 0 unspecified atom stereocenters. The summed E-state index contributed by atoms with van der Waals surface area (Å²) in [5.41, 5.74) is 1.97. The highest BCUT2D eigenvalue weighted by atomic mass is 19.1. The monoisotopic (exact) mass is 424 g/mol. The first-order valence-electron chi connectivity index (χ1n) is 9.65. The van der Waals surface area contributed by atoms with Gasteiger partial charge in [0.25, 0.3) is 0 Å². The minimum atomic E-state index is -0.356. The average molecular weight is 424 g/mol. The first kappa shape index (κ1) is 21.9. The van der Waals surface area contributed by atoms with E-state index in [1.54, 1.807) is 45.7 Å². The van der Waals surface area contributed by atoms with Gasteiger partial charge in [0, 0.05) is 38.5 Å². The van der Waals surface area contributed by atoms with Gasteiger partial charge in [0.1, 0.15) is 11.6 Å². The van der Waals surface area contributed by atoms with Crippen LogP contribution < -0.4 is 24.8 Å². The molecule has 0 aliphatic carbocycles. The maximum atomic E-state index is 13.2.